The molecule has 138 valence electrons. The molecular formula is C22H22ClN3O. The van der Waals surface area contributed by atoms with Crippen LogP contribution >= 0.6 is 11.6 Å². The third kappa shape index (κ3) is 1.32. The van der Waals surface area contributed by atoms with Crippen molar-refractivity contribution in [2.75, 3.05) is 18.4 Å². The number of nitrogens with one attached hydrogen (secondary N) is 1. The Labute approximate surface area is 162 Å². The van der Waals surface area contributed by atoms with Crippen LogP contribution in [0.25, 0.3) is 10.9 Å². The quantitative estimate of drug-likeness (QED) is 0.857. The highest BCUT2D eigenvalue weighted by Crippen LogP contribution is 2.90. The molecule has 0 spiro atoms. The standard InChI is InChI=1S/C22H22ClN3O/c23-9-1-2-10-13(3-4-24-14(10)7-9)25-5-6-26-21-17-11-8-12-16-15(11)18(21)20(16)22(26,27)19(12)17/h1-4,7,11-12,15-21,27H,5-6,8H2,(H,24,25)/t11-,12+,15-,16+,17+,18+,19+,20+,21-,22-/m0/s1. The van der Waals surface area contributed by atoms with Gasteiger partial charge in [-0.05, 0) is 66.2 Å². The van der Waals surface area contributed by atoms with Crippen molar-refractivity contribution in [1.82, 2.24) is 9.88 Å². The zero-order valence-corrected chi connectivity index (χ0v) is 15.7. The van der Waals surface area contributed by atoms with Crippen LogP contribution in [0.4, 0.5) is 5.69 Å². The lowest BCUT2D eigenvalue weighted by Crippen LogP contribution is -2.51. The molecule has 3 heterocycles. The van der Waals surface area contributed by atoms with E-state index in [1.807, 2.05) is 30.5 Å². The molecule has 4 bridgehead atoms. The molecule has 0 amide bonds. The van der Waals surface area contributed by atoms with Gasteiger partial charge in [0.15, 0.2) is 0 Å². The fourth-order valence-electron chi connectivity index (χ4n) is 9.45. The number of hydrogen-bond donors (Lipinski definition) is 2. The van der Waals surface area contributed by atoms with Gasteiger partial charge in [0.05, 0.1) is 5.52 Å². The van der Waals surface area contributed by atoms with Crippen LogP contribution in [0, 0.1) is 47.3 Å². The Morgan fingerprint density at radius 1 is 1.15 bits per heavy atom. The van der Waals surface area contributed by atoms with Crippen LogP contribution in [0.5, 0.6) is 0 Å². The molecule has 7 aliphatic rings. The van der Waals surface area contributed by atoms with Crippen LogP contribution in [0.1, 0.15) is 6.42 Å². The van der Waals surface area contributed by atoms with Gasteiger partial charge in [0.25, 0.3) is 0 Å². The second-order valence-corrected chi connectivity index (χ2v) is 10.3. The lowest BCUT2D eigenvalue weighted by Gasteiger charge is -2.45. The van der Waals surface area contributed by atoms with Gasteiger partial charge >= 0.3 is 0 Å². The van der Waals surface area contributed by atoms with Gasteiger partial charge < -0.3 is 10.4 Å². The first kappa shape index (κ1) is 14.6. The largest absolute Gasteiger partial charge is 0.383 e. The maximum Gasteiger partial charge on any atom is 0.125 e. The van der Waals surface area contributed by atoms with Crippen molar-refractivity contribution in [2.24, 2.45) is 47.3 Å². The van der Waals surface area contributed by atoms with Crippen LogP contribution in [-0.4, -0.2) is 39.8 Å². The van der Waals surface area contributed by atoms with Crippen LogP contribution < -0.4 is 5.32 Å². The molecule has 0 radical (unpaired) electrons. The Kier molecular flexibility index (Phi) is 2.32. The number of aliphatic hydroxyl groups is 1. The Hall–Kier alpha value is -1.36. The topological polar surface area (TPSA) is 48.4 Å². The maximum atomic E-state index is 11.8. The molecule has 27 heavy (non-hydrogen) atoms. The monoisotopic (exact) mass is 379 g/mol. The average molecular weight is 380 g/mol. The van der Waals surface area contributed by atoms with E-state index < -0.39 is 5.72 Å². The third-order valence-corrected chi connectivity index (χ3v) is 9.82. The van der Waals surface area contributed by atoms with E-state index in [9.17, 15) is 5.11 Å². The predicted octanol–water partition coefficient (Wildman–Crippen LogP) is 3.06. The van der Waals surface area contributed by atoms with E-state index in [2.05, 4.69) is 15.2 Å². The Morgan fingerprint density at radius 2 is 2.07 bits per heavy atom. The molecule has 0 unspecified atom stereocenters. The summed E-state index contributed by atoms with van der Waals surface area (Å²) in [7, 11) is 0. The summed E-state index contributed by atoms with van der Waals surface area (Å²) in [5, 5.41) is 17.2. The minimum Gasteiger partial charge on any atom is -0.383 e. The van der Waals surface area contributed by atoms with Crippen molar-refractivity contribution in [3.63, 3.8) is 0 Å². The summed E-state index contributed by atoms with van der Waals surface area (Å²) in [5.74, 6) is 6.51. The minimum atomic E-state index is -0.466. The van der Waals surface area contributed by atoms with Crippen molar-refractivity contribution in [2.45, 2.75) is 18.2 Å². The molecule has 2 saturated heterocycles. The second-order valence-electron chi connectivity index (χ2n) is 9.84. The minimum absolute atomic E-state index is 0.466. The Balaban J connectivity index is 1.08. The van der Waals surface area contributed by atoms with Gasteiger partial charge in [0.1, 0.15) is 5.72 Å². The first-order valence-electron chi connectivity index (χ1n) is 10.5. The number of hydrogen-bond acceptors (Lipinski definition) is 4. The molecule has 2 aromatic rings. The normalized spacial score (nSPS) is 51.9. The lowest BCUT2D eigenvalue weighted by molar-refractivity contribution is -0.130. The van der Waals surface area contributed by atoms with Crippen LogP contribution in [0.15, 0.2) is 30.5 Å². The first-order chi connectivity index (χ1) is 13.2. The van der Waals surface area contributed by atoms with Crippen molar-refractivity contribution >= 4 is 28.2 Å². The molecule has 5 saturated carbocycles. The molecule has 5 heteroatoms. The Bertz CT molecular complexity index is 1030. The molecule has 2 aliphatic heterocycles. The molecule has 5 aliphatic carbocycles. The van der Waals surface area contributed by atoms with E-state index in [0.717, 1.165) is 70.2 Å². The summed E-state index contributed by atoms with van der Waals surface area (Å²) in [4.78, 5) is 6.97. The van der Waals surface area contributed by atoms with Crippen molar-refractivity contribution in [3.05, 3.63) is 35.5 Å². The molecule has 10 atom stereocenters. The summed E-state index contributed by atoms with van der Waals surface area (Å²) < 4.78 is 0. The highest BCUT2D eigenvalue weighted by molar-refractivity contribution is 6.31. The molecule has 4 nitrogen and oxygen atoms in total. The van der Waals surface area contributed by atoms with Gasteiger partial charge in [-0.25, -0.2) is 0 Å². The second kappa shape index (κ2) is 4.29. The van der Waals surface area contributed by atoms with Crippen LogP contribution in [0.3, 0.4) is 0 Å². The van der Waals surface area contributed by atoms with E-state index in [-0.39, 0.29) is 0 Å². The molecule has 9 rings (SSSR count). The number of anilines is 1. The van der Waals surface area contributed by atoms with Gasteiger partial charge in [0.2, 0.25) is 0 Å². The summed E-state index contributed by atoms with van der Waals surface area (Å²) in [6, 6.07) is 8.59. The number of nitrogens with zero attached hydrogens (tertiary/aromatic N) is 2. The fraction of sp³-hybridized carbons (Fsp3) is 0.591. The molecular weight excluding hydrogens is 358 g/mol. The maximum absolute atomic E-state index is 11.8. The molecule has 1 aromatic carbocycles. The number of fused-ring (bicyclic) bond motifs is 1. The molecule has 2 N–H and O–H groups in total. The lowest BCUT2D eigenvalue weighted by atomic mass is 9.59. The summed E-state index contributed by atoms with van der Waals surface area (Å²) in [5.41, 5.74) is 1.56. The summed E-state index contributed by atoms with van der Waals surface area (Å²) >= 11 is 6.10. The molecule has 7 fully saturated rings. The number of benzene rings is 1. The van der Waals surface area contributed by atoms with E-state index in [1.165, 1.54) is 6.42 Å². The summed E-state index contributed by atoms with van der Waals surface area (Å²) in [6.07, 6.45) is 3.28. The van der Waals surface area contributed by atoms with Crippen molar-refractivity contribution < 1.29 is 5.11 Å². The fourth-order valence-corrected chi connectivity index (χ4v) is 9.62. The van der Waals surface area contributed by atoms with Crippen molar-refractivity contribution in [1.29, 1.82) is 0 Å². The van der Waals surface area contributed by atoms with E-state index >= 15 is 0 Å². The van der Waals surface area contributed by atoms with E-state index in [1.54, 1.807) is 0 Å². The third-order valence-electron chi connectivity index (χ3n) is 9.58. The van der Waals surface area contributed by atoms with Gasteiger partial charge in [-0.2, -0.15) is 0 Å². The zero-order chi connectivity index (χ0) is 17.7. The van der Waals surface area contributed by atoms with Gasteiger partial charge in [0, 0.05) is 53.3 Å². The predicted molar refractivity (Wildman–Crippen MR) is 103 cm³/mol. The zero-order valence-electron chi connectivity index (χ0n) is 14.9. The Morgan fingerprint density at radius 3 is 3.00 bits per heavy atom. The highest BCUT2D eigenvalue weighted by Gasteiger charge is 2.93. The van der Waals surface area contributed by atoms with Gasteiger partial charge in [-0.1, -0.05) is 11.6 Å². The smallest absolute Gasteiger partial charge is 0.125 e. The van der Waals surface area contributed by atoms with Gasteiger partial charge in [-0.3, -0.25) is 9.88 Å². The number of pyridine rings is 1. The van der Waals surface area contributed by atoms with Crippen LogP contribution in [0.2, 0.25) is 5.02 Å². The molecule has 1 aromatic heterocycles. The summed E-state index contributed by atoms with van der Waals surface area (Å²) in [6.45, 7) is 1.81. The average Bonchev–Trinajstić information content (AvgIpc) is 3.28. The highest BCUT2D eigenvalue weighted by atomic mass is 35.5. The van der Waals surface area contributed by atoms with Crippen LogP contribution in [-0.2, 0) is 0 Å². The SMILES string of the molecule is O[C@]12[C@@H]3[C@@H]4[C@H]5C[C@H]6[C@@H]4[C@H]3[C@H]([C@H]6[C@@H]51)N2CCNc1ccnc2cc(Cl)ccc12. The van der Waals surface area contributed by atoms with Crippen molar-refractivity contribution in [3.8, 4) is 0 Å². The number of rotatable bonds is 4. The van der Waals surface area contributed by atoms with Gasteiger partial charge in [-0.15, -0.1) is 0 Å². The van der Waals surface area contributed by atoms with E-state index in [4.69, 9.17) is 11.6 Å². The van der Waals surface area contributed by atoms with E-state index in [0.29, 0.717) is 17.9 Å². The number of aromatic nitrogens is 1. The first-order valence-corrected chi connectivity index (χ1v) is 10.8. The number of halogens is 1.